The summed E-state index contributed by atoms with van der Waals surface area (Å²) in [5.74, 6) is 1.02. The summed E-state index contributed by atoms with van der Waals surface area (Å²) < 4.78 is 1.82. The molecule has 0 aliphatic carbocycles. The molecule has 20 heavy (non-hydrogen) atoms. The lowest BCUT2D eigenvalue weighted by Gasteiger charge is -2.23. The average molecular weight is 273 g/mol. The summed E-state index contributed by atoms with van der Waals surface area (Å²) >= 11 is 0. The number of aromatic nitrogens is 3. The molecule has 0 saturated heterocycles. The summed E-state index contributed by atoms with van der Waals surface area (Å²) in [6, 6.07) is 4.42. The fraction of sp³-hybridized carbons (Fsp3) is 0.467. The van der Waals surface area contributed by atoms with Crippen LogP contribution in [0.1, 0.15) is 31.0 Å². The molecule has 0 aromatic carbocycles. The molecular weight excluding hydrogens is 250 g/mol. The Morgan fingerprint density at radius 3 is 2.90 bits per heavy atom. The third-order valence-electron chi connectivity index (χ3n) is 3.33. The number of nitrogens with one attached hydrogen (secondary N) is 1. The van der Waals surface area contributed by atoms with E-state index in [0.717, 1.165) is 18.9 Å². The Morgan fingerprint density at radius 2 is 2.25 bits per heavy atom. The maximum atomic E-state index is 4.54. The molecule has 5 heteroatoms. The first-order valence-electron chi connectivity index (χ1n) is 6.98. The predicted molar refractivity (Wildman–Crippen MR) is 81.6 cm³/mol. The highest BCUT2D eigenvalue weighted by molar-refractivity contribution is 5.48. The number of anilines is 1. The van der Waals surface area contributed by atoms with E-state index < -0.39 is 0 Å². The molecule has 2 heterocycles. The van der Waals surface area contributed by atoms with Gasteiger partial charge in [0.2, 0.25) is 0 Å². The second kappa shape index (κ2) is 6.52. The van der Waals surface area contributed by atoms with Crippen molar-refractivity contribution in [3.8, 4) is 0 Å². The van der Waals surface area contributed by atoms with Gasteiger partial charge in [-0.05, 0) is 19.5 Å². The average Bonchev–Trinajstić information content (AvgIpc) is 2.84. The minimum absolute atomic E-state index is 0.292. The van der Waals surface area contributed by atoms with Crippen LogP contribution in [0.4, 0.5) is 5.82 Å². The van der Waals surface area contributed by atoms with Gasteiger partial charge in [-0.2, -0.15) is 5.10 Å². The summed E-state index contributed by atoms with van der Waals surface area (Å²) in [6.07, 6.45) is 5.77. The predicted octanol–water partition coefficient (Wildman–Crippen LogP) is 2.12. The van der Waals surface area contributed by atoms with Gasteiger partial charge in [-0.25, -0.2) is 4.98 Å². The van der Waals surface area contributed by atoms with Gasteiger partial charge in [0.25, 0.3) is 0 Å². The van der Waals surface area contributed by atoms with Crippen molar-refractivity contribution in [2.45, 2.75) is 26.4 Å². The minimum Gasteiger partial charge on any atom is -0.355 e. The van der Waals surface area contributed by atoms with E-state index in [1.165, 1.54) is 11.1 Å². The molecule has 0 saturated carbocycles. The van der Waals surface area contributed by atoms with Crippen LogP contribution in [0.25, 0.3) is 0 Å². The number of aryl methyl sites for hydroxylation is 1. The van der Waals surface area contributed by atoms with Crippen LogP contribution >= 0.6 is 0 Å². The molecular formula is C15H23N5. The van der Waals surface area contributed by atoms with Crippen molar-refractivity contribution in [1.82, 2.24) is 20.1 Å². The van der Waals surface area contributed by atoms with Crippen LogP contribution in [-0.2, 0) is 13.6 Å². The van der Waals surface area contributed by atoms with Gasteiger partial charge in [0.1, 0.15) is 5.82 Å². The van der Waals surface area contributed by atoms with E-state index >= 15 is 0 Å². The van der Waals surface area contributed by atoms with Gasteiger partial charge < -0.3 is 10.2 Å². The van der Waals surface area contributed by atoms with Gasteiger partial charge in [0, 0.05) is 50.2 Å². The second-order valence-corrected chi connectivity index (χ2v) is 5.07. The van der Waals surface area contributed by atoms with Crippen LogP contribution < -0.4 is 10.2 Å². The SMILES string of the molecule is CCNC(C)c1cccnc1N(C)Cc1cnn(C)c1. The molecule has 0 amide bonds. The third-order valence-corrected chi connectivity index (χ3v) is 3.33. The first kappa shape index (κ1) is 14.5. The third kappa shape index (κ3) is 3.36. The van der Waals surface area contributed by atoms with Gasteiger partial charge in [-0.1, -0.05) is 13.0 Å². The lowest BCUT2D eigenvalue weighted by molar-refractivity contribution is 0.594. The number of pyridine rings is 1. The van der Waals surface area contributed by atoms with Crippen molar-refractivity contribution >= 4 is 5.82 Å². The monoisotopic (exact) mass is 273 g/mol. The standard InChI is InChI=1S/C15H23N5/c1-5-16-12(2)14-7-6-8-17-15(14)19(3)10-13-9-18-20(4)11-13/h6-9,11-12,16H,5,10H2,1-4H3. The van der Waals surface area contributed by atoms with Crippen LogP contribution in [0.3, 0.4) is 0 Å². The van der Waals surface area contributed by atoms with E-state index in [1.807, 2.05) is 36.4 Å². The molecule has 1 unspecified atom stereocenters. The zero-order valence-corrected chi connectivity index (χ0v) is 12.7. The van der Waals surface area contributed by atoms with Crippen LogP contribution in [-0.4, -0.2) is 28.4 Å². The van der Waals surface area contributed by atoms with Crippen LogP contribution in [0.5, 0.6) is 0 Å². The number of nitrogens with zero attached hydrogens (tertiary/aromatic N) is 4. The maximum absolute atomic E-state index is 4.54. The van der Waals surface area contributed by atoms with E-state index in [2.05, 4.69) is 47.3 Å². The van der Waals surface area contributed by atoms with Crippen LogP contribution in [0, 0.1) is 0 Å². The number of hydrogen-bond acceptors (Lipinski definition) is 4. The molecule has 108 valence electrons. The minimum atomic E-state index is 0.292. The van der Waals surface area contributed by atoms with Crippen molar-refractivity contribution in [3.05, 3.63) is 41.9 Å². The van der Waals surface area contributed by atoms with Crippen molar-refractivity contribution in [3.63, 3.8) is 0 Å². The number of hydrogen-bond donors (Lipinski definition) is 1. The zero-order chi connectivity index (χ0) is 14.5. The highest BCUT2D eigenvalue weighted by atomic mass is 15.2. The van der Waals surface area contributed by atoms with Gasteiger partial charge >= 0.3 is 0 Å². The highest BCUT2D eigenvalue weighted by Crippen LogP contribution is 2.23. The van der Waals surface area contributed by atoms with Crippen molar-refractivity contribution in [2.75, 3.05) is 18.5 Å². The van der Waals surface area contributed by atoms with Crippen molar-refractivity contribution < 1.29 is 0 Å². The first-order valence-corrected chi connectivity index (χ1v) is 6.98. The fourth-order valence-corrected chi connectivity index (χ4v) is 2.38. The molecule has 0 spiro atoms. The Kier molecular flexibility index (Phi) is 4.74. The van der Waals surface area contributed by atoms with Gasteiger partial charge in [0.15, 0.2) is 0 Å². The molecule has 0 radical (unpaired) electrons. The van der Waals surface area contributed by atoms with Crippen molar-refractivity contribution in [2.24, 2.45) is 7.05 Å². The van der Waals surface area contributed by atoms with E-state index in [4.69, 9.17) is 0 Å². The Bertz CT molecular complexity index is 549. The zero-order valence-electron chi connectivity index (χ0n) is 12.7. The highest BCUT2D eigenvalue weighted by Gasteiger charge is 2.14. The quantitative estimate of drug-likeness (QED) is 0.875. The molecule has 2 aromatic rings. The van der Waals surface area contributed by atoms with E-state index in [9.17, 15) is 0 Å². The Balaban J connectivity index is 2.18. The smallest absolute Gasteiger partial charge is 0.133 e. The fourth-order valence-electron chi connectivity index (χ4n) is 2.38. The van der Waals surface area contributed by atoms with E-state index in [1.54, 1.807) is 0 Å². The summed E-state index contributed by atoms with van der Waals surface area (Å²) in [5, 5.41) is 7.65. The van der Waals surface area contributed by atoms with Gasteiger partial charge in [0.05, 0.1) is 6.20 Å². The lowest BCUT2D eigenvalue weighted by Crippen LogP contribution is -2.24. The molecule has 1 atom stereocenters. The molecule has 0 aliphatic rings. The Hall–Kier alpha value is -1.88. The Morgan fingerprint density at radius 1 is 1.45 bits per heavy atom. The summed E-state index contributed by atoms with van der Waals surface area (Å²) in [5.41, 5.74) is 2.41. The normalized spacial score (nSPS) is 12.4. The summed E-state index contributed by atoms with van der Waals surface area (Å²) in [4.78, 5) is 6.71. The molecule has 0 fully saturated rings. The van der Waals surface area contributed by atoms with Crippen LogP contribution in [0.2, 0.25) is 0 Å². The number of rotatable bonds is 6. The second-order valence-electron chi connectivity index (χ2n) is 5.07. The molecule has 0 aliphatic heterocycles. The van der Waals surface area contributed by atoms with E-state index in [-0.39, 0.29) is 0 Å². The van der Waals surface area contributed by atoms with Crippen LogP contribution in [0.15, 0.2) is 30.7 Å². The Labute approximate surface area is 120 Å². The summed E-state index contributed by atoms with van der Waals surface area (Å²) in [6.45, 7) is 6.03. The largest absolute Gasteiger partial charge is 0.355 e. The molecule has 1 N–H and O–H groups in total. The van der Waals surface area contributed by atoms with Gasteiger partial charge in [-0.15, -0.1) is 0 Å². The van der Waals surface area contributed by atoms with E-state index in [0.29, 0.717) is 6.04 Å². The molecule has 0 bridgehead atoms. The maximum Gasteiger partial charge on any atom is 0.133 e. The lowest BCUT2D eigenvalue weighted by atomic mass is 10.1. The first-order chi connectivity index (χ1) is 9.61. The topological polar surface area (TPSA) is 46.0 Å². The molecule has 5 nitrogen and oxygen atoms in total. The molecule has 2 aromatic heterocycles. The molecule has 2 rings (SSSR count). The van der Waals surface area contributed by atoms with Gasteiger partial charge in [-0.3, -0.25) is 4.68 Å². The summed E-state index contributed by atoms with van der Waals surface area (Å²) in [7, 11) is 4.00. The van der Waals surface area contributed by atoms with Crippen molar-refractivity contribution in [1.29, 1.82) is 0 Å².